The van der Waals surface area contributed by atoms with Crippen molar-refractivity contribution in [1.82, 2.24) is 5.32 Å². The first kappa shape index (κ1) is 13.5. The number of ether oxygens (including phenoxy) is 1. The van der Waals surface area contributed by atoms with Crippen molar-refractivity contribution in [3.63, 3.8) is 0 Å². The van der Waals surface area contributed by atoms with Gasteiger partial charge in [0.2, 0.25) is 0 Å². The minimum Gasteiger partial charge on any atom is -0.493 e. The van der Waals surface area contributed by atoms with Crippen LogP contribution in [0.4, 0.5) is 0 Å². The Kier molecular flexibility index (Phi) is 5.45. The van der Waals surface area contributed by atoms with Crippen LogP contribution in [0.2, 0.25) is 0 Å². The number of aliphatic hydroxyl groups is 1. The van der Waals surface area contributed by atoms with E-state index in [0.29, 0.717) is 17.7 Å². The number of carboxylic acids is 1. The molecule has 0 spiro atoms. The predicted molar refractivity (Wildman–Crippen MR) is 63.0 cm³/mol. The van der Waals surface area contributed by atoms with Gasteiger partial charge in [-0.1, -0.05) is 18.2 Å². The lowest BCUT2D eigenvalue weighted by Gasteiger charge is -2.13. The van der Waals surface area contributed by atoms with Crippen LogP contribution >= 0.6 is 0 Å². The van der Waals surface area contributed by atoms with Crippen molar-refractivity contribution >= 4 is 5.97 Å². The lowest BCUT2D eigenvalue weighted by atomic mass is 10.2. The normalized spacial score (nSPS) is 12.1. The summed E-state index contributed by atoms with van der Waals surface area (Å²) in [5.74, 6) is -0.304. The van der Waals surface area contributed by atoms with Crippen molar-refractivity contribution in [2.75, 3.05) is 13.7 Å². The maximum Gasteiger partial charge on any atom is 0.320 e. The molecule has 5 nitrogen and oxygen atoms in total. The number of carbonyl (C=O) groups is 1. The zero-order chi connectivity index (χ0) is 12.7. The fraction of sp³-hybridized carbons (Fsp3) is 0.417. The lowest BCUT2D eigenvalue weighted by molar-refractivity contribution is -0.139. The summed E-state index contributed by atoms with van der Waals surface area (Å²) in [6.07, 6.45) is 0.367. The number of hydrogen-bond donors (Lipinski definition) is 3. The van der Waals surface area contributed by atoms with Crippen molar-refractivity contribution in [3.8, 4) is 5.75 Å². The third-order valence-electron chi connectivity index (χ3n) is 2.45. The fourth-order valence-electron chi connectivity index (χ4n) is 1.45. The summed E-state index contributed by atoms with van der Waals surface area (Å²) in [4.78, 5) is 10.7. The van der Waals surface area contributed by atoms with Gasteiger partial charge in [0.05, 0.1) is 13.2 Å². The molecule has 0 radical (unpaired) electrons. The number of likely N-dealkylation sites (N-methyl/N-ethyl adjacent to an activating group) is 1. The van der Waals surface area contributed by atoms with E-state index in [1.807, 2.05) is 6.07 Å². The monoisotopic (exact) mass is 239 g/mol. The van der Waals surface area contributed by atoms with Crippen molar-refractivity contribution in [1.29, 1.82) is 0 Å². The first-order valence-electron chi connectivity index (χ1n) is 5.40. The van der Waals surface area contributed by atoms with E-state index in [1.54, 1.807) is 25.2 Å². The quantitative estimate of drug-likeness (QED) is 0.650. The van der Waals surface area contributed by atoms with Gasteiger partial charge in [-0.15, -0.1) is 0 Å². The van der Waals surface area contributed by atoms with Gasteiger partial charge in [-0.25, -0.2) is 0 Å². The molecule has 0 saturated heterocycles. The molecule has 0 aliphatic carbocycles. The number of rotatable bonds is 7. The number of para-hydroxylation sites is 1. The van der Waals surface area contributed by atoms with E-state index in [0.717, 1.165) is 0 Å². The molecular weight excluding hydrogens is 222 g/mol. The van der Waals surface area contributed by atoms with Gasteiger partial charge in [0, 0.05) is 12.0 Å². The number of hydrogen-bond acceptors (Lipinski definition) is 4. The van der Waals surface area contributed by atoms with Crippen LogP contribution < -0.4 is 10.1 Å². The third-order valence-corrected chi connectivity index (χ3v) is 2.45. The molecule has 1 rings (SSSR count). The summed E-state index contributed by atoms with van der Waals surface area (Å²) in [5.41, 5.74) is 0.698. The standard InChI is InChI=1S/C12H17NO4/c1-13-10(12(15)16)6-7-17-11-5-3-2-4-9(11)8-14/h2-5,10,13-14H,6-8H2,1H3,(H,15,16). The Morgan fingerprint density at radius 2 is 2.18 bits per heavy atom. The Morgan fingerprint density at radius 1 is 1.47 bits per heavy atom. The molecule has 0 heterocycles. The van der Waals surface area contributed by atoms with Gasteiger partial charge in [0.15, 0.2) is 0 Å². The van der Waals surface area contributed by atoms with E-state index in [4.69, 9.17) is 14.9 Å². The van der Waals surface area contributed by atoms with Gasteiger partial charge < -0.3 is 20.3 Å². The number of aliphatic hydroxyl groups excluding tert-OH is 1. The number of nitrogens with one attached hydrogen (secondary N) is 1. The highest BCUT2D eigenvalue weighted by Gasteiger charge is 2.14. The molecule has 0 saturated carbocycles. The highest BCUT2D eigenvalue weighted by atomic mass is 16.5. The minimum atomic E-state index is -0.897. The summed E-state index contributed by atoms with van der Waals surface area (Å²) in [7, 11) is 1.60. The molecule has 0 amide bonds. The molecule has 0 aliphatic heterocycles. The maximum atomic E-state index is 10.7. The molecule has 1 atom stereocenters. The van der Waals surface area contributed by atoms with E-state index < -0.39 is 12.0 Å². The molecule has 94 valence electrons. The summed E-state index contributed by atoms with van der Waals surface area (Å²) in [6, 6.07) is 6.52. The van der Waals surface area contributed by atoms with Crippen LogP contribution in [-0.2, 0) is 11.4 Å². The Balaban J connectivity index is 2.47. The van der Waals surface area contributed by atoms with E-state index in [1.165, 1.54) is 0 Å². The topological polar surface area (TPSA) is 78.8 Å². The van der Waals surface area contributed by atoms with Crippen LogP contribution in [0.15, 0.2) is 24.3 Å². The second kappa shape index (κ2) is 6.88. The second-order valence-corrected chi connectivity index (χ2v) is 3.58. The predicted octanol–water partition coefficient (Wildman–Crippen LogP) is 0.620. The zero-order valence-electron chi connectivity index (χ0n) is 9.72. The first-order valence-corrected chi connectivity index (χ1v) is 5.40. The summed E-state index contributed by atoms with van der Waals surface area (Å²) < 4.78 is 5.45. The molecule has 0 aromatic heterocycles. The van der Waals surface area contributed by atoms with Gasteiger partial charge >= 0.3 is 5.97 Å². The Labute approximate surface area is 100 Å². The number of benzene rings is 1. The van der Waals surface area contributed by atoms with Gasteiger partial charge in [-0.2, -0.15) is 0 Å². The van der Waals surface area contributed by atoms with Crippen LogP contribution in [0.5, 0.6) is 5.75 Å². The first-order chi connectivity index (χ1) is 8.19. The minimum absolute atomic E-state index is 0.0927. The van der Waals surface area contributed by atoms with Crippen LogP contribution in [0.25, 0.3) is 0 Å². The maximum absolute atomic E-state index is 10.7. The molecule has 0 bridgehead atoms. The molecule has 17 heavy (non-hydrogen) atoms. The molecule has 5 heteroatoms. The van der Waals surface area contributed by atoms with E-state index >= 15 is 0 Å². The smallest absolute Gasteiger partial charge is 0.320 e. The second-order valence-electron chi connectivity index (χ2n) is 3.58. The average Bonchev–Trinajstić information content (AvgIpc) is 2.34. The third kappa shape index (κ3) is 4.05. The Morgan fingerprint density at radius 3 is 2.76 bits per heavy atom. The average molecular weight is 239 g/mol. The molecule has 0 aliphatic rings. The zero-order valence-corrected chi connectivity index (χ0v) is 9.72. The Hall–Kier alpha value is -1.59. The molecule has 0 fully saturated rings. The molecule has 1 aromatic carbocycles. The van der Waals surface area contributed by atoms with Gasteiger partial charge in [0.1, 0.15) is 11.8 Å². The van der Waals surface area contributed by atoms with Crippen molar-refractivity contribution in [3.05, 3.63) is 29.8 Å². The summed E-state index contributed by atoms with van der Waals surface area (Å²) >= 11 is 0. The van der Waals surface area contributed by atoms with Crippen molar-refractivity contribution in [2.24, 2.45) is 0 Å². The lowest BCUT2D eigenvalue weighted by Crippen LogP contribution is -2.35. The van der Waals surface area contributed by atoms with Crippen molar-refractivity contribution < 1.29 is 19.7 Å². The molecule has 1 aromatic rings. The van der Waals surface area contributed by atoms with Gasteiger partial charge in [-0.05, 0) is 13.1 Å². The molecule has 1 unspecified atom stereocenters. The van der Waals surface area contributed by atoms with Gasteiger partial charge in [-0.3, -0.25) is 4.79 Å². The Bertz CT molecular complexity index is 367. The summed E-state index contributed by atoms with van der Waals surface area (Å²) in [5, 5.41) is 20.6. The highest BCUT2D eigenvalue weighted by Crippen LogP contribution is 2.17. The van der Waals surface area contributed by atoms with Crippen LogP contribution in [-0.4, -0.2) is 35.9 Å². The van der Waals surface area contributed by atoms with Crippen LogP contribution in [0.1, 0.15) is 12.0 Å². The van der Waals surface area contributed by atoms with E-state index in [-0.39, 0.29) is 13.2 Å². The number of carboxylic acid groups (broad SMARTS) is 1. The SMILES string of the molecule is CNC(CCOc1ccccc1CO)C(=O)O. The van der Waals surface area contributed by atoms with E-state index in [9.17, 15) is 4.79 Å². The van der Waals surface area contributed by atoms with E-state index in [2.05, 4.69) is 5.32 Å². The molecule has 3 N–H and O–H groups in total. The highest BCUT2D eigenvalue weighted by molar-refractivity contribution is 5.73. The fourth-order valence-corrected chi connectivity index (χ4v) is 1.45. The van der Waals surface area contributed by atoms with Crippen molar-refractivity contribution in [2.45, 2.75) is 19.1 Å². The van der Waals surface area contributed by atoms with Gasteiger partial charge in [0.25, 0.3) is 0 Å². The molecular formula is C12H17NO4. The summed E-state index contributed by atoms with van der Waals surface area (Å²) in [6.45, 7) is 0.194. The largest absolute Gasteiger partial charge is 0.493 e. The van der Waals surface area contributed by atoms with Crippen LogP contribution in [0, 0.1) is 0 Å². The van der Waals surface area contributed by atoms with Crippen LogP contribution in [0.3, 0.4) is 0 Å². The number of aliphatic carboxylic acids is 1.